The second-order valence-corrected chi connectivity index (χ2v) is 3.79. The van der Waals surface area contributed by atoms with Crippen LogP contribution in [0.4, 0.5) is 4.39 Å². The van der Waals surface area contributed by atoms with E-state index in [1.54, 1.807) is 12.1 Å². The number of hydrogen-bond donors (Lipinski definition) is 1. The van der Waals surface area contributed by atoms with Crippen molar-refractivity contribution >= 4 is 15.9 Å². The molecule has 0 aliphatic rings. The van der Waals surface area contributed by atoms with Crippen LogP contribution < -0.4 is 0 Å². The van der Waals surface area contributed by atoms with Gasteiger partial charge in [0.1, 0.15) is 17.8 Å². The Kier molecular flexibility index (Phi) is 2.83. The second-order valence-electron chi connectivity index (χ2n) is 2.93. The van der Waals surface area contributed by atoms with Gasteiger partial charge in [0.05, 0.1) is 11.1 Å². The van der Waals surface area contributed by atoms with Gasteiger partial charge in [0.25, 0.3) is 0 Å². The van der Waals surface area contributed by atoms with Crippen LogP contribution in [-0.2, 0) is 6.61 Å². The predicted octanol–water partition coefficient (Wildman–Crippen LogP) is 2.74. The Balaban J connectivity index is 2.40. The van der Waals surface area contributed by atoms with E-state index in [0.29, 0.717) is 21.6 Å². The van der Waals surface area contributed by atoms with Crippen molar-refractivity contribution in [3.63, 3.8) is 0 Å². The molecule has 0 saturated carbocycles. The molecule has 0 saturated heterocycles. The Labute approximate surface area is 93.7 Å². The number of nitrogens with zero attached hydrogens (tertiary/aromatic N) is 1. The van der Waals surface area contributed by atoms with Crippen molar-refractivity contribution in [1.29, 1.82) is 0 Å². The zero-order valence-corrected chi connectivity index (χ0v) is 9.16. The molecule has 0 aliphatic carbocycles. The van der Waals surface area contributed by atoms with Crippen LogP contribution in [0.5, 0.6) is 0 Å². The van der Waals surface area contributed by atoms with Gasteiger partial charge < -0.3 is 9.52 Å². The van der Waals surface area contributed by atoms with E-state index in [1.807, 2.05) is 0 Å². The molecule has 15 heavy (non-hydrogen) atoms. The summed E-state index contributed by atoms with van der Waals surface area (Å²) in [5.41, 5.74) is 0.962. The van der Waals surface area contributed by atoms with Crippen LogP contribution in [0, 0.1) is 5.82 Å². The molecule has 0 radical (unpaired) electrons. The minimum atomic E-state index is -0.378. The number of aliphatic hydroxyl groups is 1. The molecule has 5 heteroatoms. The summed E-state index contributed by atoms with van der Waals surface area (Å²) in [6.07, 6.45) is 1.34. The molecular formula is C10H7BrFNO2. The van der Waals surface area contributed by atoms with Gasteiger partial charge in [-0.2, -0.15) is 0 Å². The van der Waals surface area contributed by atoms with Gasteiger partial charge in [0, 0.05) is 5.56 Å². The topological polar surface area (TPSA) is 46.3 Å². The van der Waals surface area contributed by atoms with Gasteiger partial charge in [-0.05, 0) is 34.1 Å². The normalized spacial score (nSPS) is 10.6. The molecule has 1 N–H and O–H groups in total. The molecule has 0 fully saturated rings. The third-order valence-corrected chi connectivity index (χ3v) is 2.52. The first-order valence-corrected chi connectivity index (χ1v) is 5.00. The minimum absolute atomic E-state index is 0.192. The third-order valence-electron chi connectivity index (χ3n) is 1.88. The fourth-order valence-electron chi connectivity index (χ4n) is 1.14. The highest BCUT2D eigenvalue weighted by Crippen LogP contribution is 2.23. The average molecular weight is 272 g/mol. The summed E-state index contributed by atoms with van der Waals surface area (Å²) in [5, 5.41) is 8.79. The van der Waals surface area contributed by atoms with E-state index < -0.39 is 0 Å². The SMILES string of the molecule is OCc1coc(-c2ccc(Br)c(F)c2)n1. The maximum atomic E-state index is 13.2. The van der Waals surface area contributed by atoms with Crippen molar-refractivity contribution in [1.82, 2.24) is 4.98 Å². The standard InChI is InChI=1S/C10H7BrFNO2/c11-8-2-1-6(3-9(8)12)10-13-7(4-14)5-15-10/h1-3,5,14H,4H2. The summed E-state index contributed by atoms with van der Waals surface area (Å²) >= 11 is 3.05. The zero-order chi connectivity index (χ0) is 10.8. The maximum absolute atomic E-state index is 13.2. The van der Waals surface area contributed by atoms with Crippen molar-refractivity contribution in [3.8, 4) is 11.5 Å². The Bertz CT molecular complexity index is 484. The van der Waals surface area contributed by atoms with Crippen LogP contribution in [0.2, 0.25) is 0 Å². The van der Waals surface area contributed by atoms with Crippen LogP contribution in [-0.4, -0.2) is 10.1 Å². The molecule has 1 aromatic carbocycles. The van der Waals surface area contributed by atoms with E-state index in [4.69, 9.17) is 9.52 Å². The molecule has 0 unspecified atom stereocenters. The van der Waals surface area contributed by atoms with Crippen molar-refractivity contribution in [2.75, 3.05) is 0 Å². The molecular weight excluding hydrogens is 265 g/mol. The van der Waals surface area contributed by atoms with Gasteiger partial charge >= 0.3 is 0 Å². The van der Waals surface area contributed by atoms with E-state index in [-0.39, 0.29) is 12.4 Å². The lowest BCUT2D eigenvalue weighted by atomic mass is 10.2. The Morgan fingerprint density at radius 2 is 2.27 bits per heavy atom. The van der Waals surface area contributed by atoms with E-state index >= 15 is 0 Å². The molecule has 3 nitrogen and oxygen atoms in total. The number of benzene rings is 1. The Hall–Kier alpha value is -1.20. The lowest BCUT2D eigenvalue weighted by molar-refractivity contribution is 0.276. The van der Waals surface area contributed by atoms with Crippen molar-refractivity contribution in [2.45, 2.75) is 6.61 Å². The highest BCUT2D eigenvalue weighted by Gasteiger charge is 2.08. The van der Waals surface area contributed by atoms with Crippen LogP contribution in [0.1, 0.15) is 5.69 Å². The molecule has 0 aliphatic heterocycles. The quantitative estimate of drug-likeness (QED) is 0.914. The highest BCUT2D eigenvalue weighted by atomic mass is 79.9. The minimum Gasteiger partial charge on any atom is -0.444 e. The number of aromatic nitrogens is 1. The maximum Gasteiger partial charge on any atom is 0.226 e. The van der Waals surface area contributed by atoms with E-state index in [2.05, 4.69) is 20.9 Å². The van der Waals surface area contributed by atoms with Crippen molar-refractivity contribution in [3.05, 3.63) is 40.4 Å². The molecule has 0 atom stereocenters. The van der Waals surface area contributed by atoms with Gasteiger partial charge in [-0.15, -0.1) is 0 Å². The third kappa shape index (κ3) is 2.08. The monoisotopic (exact) mass is 271 g/mol. The fourth-order valence-corrected chi connectivity index (χ4v) is 1.39. The number of halogens is 2. The molecule has 0 amide bonds. The summed E-state index contributed by atoms with van der Waals surface area (Å²) in [6.45, 7) is -0.192. The van der Waals surface area contributed by atoms with E-state index in [0.717, 1.165) is 0 Å². The number of rotatable bonds is 2. The molecule has 78 valence electrons. The van der Waals surface area contributed by atoms with Gasteiger partial charge in [0.15, 0.2) is 0 Å². The average Bonchev–Trinajstić information content (AvgIpc) is 2.70. The first-order valence-electron chi connectivity index (χ1n) is 4.21. The van der Waals surface area contributed by atoms with E-state index in [1.165, 1.54) is 12.3 Å². The van der Waals surface area contributed by atoms with Crippen LogP contribution >= 0.6 is 15.9 Å². The predicted molar refractivity (Wildman–Crippen MR) is 55.5 cm³/mol. The number of hydrogen-bond acceptors (Lipinski definition) is 3. The molecule has 2 rings (SSSR count). The molecule has 2 aromatic rings. The summed E-state index contributed by atoms with van der Waals surface area (Å²) < 4.78 is 18.7. The molecule has 1 aromatic heterocycles. The zero-order valence-electron chi connectivity index (χ0n) is 7.58. The lowest BCUT2D eigenvalue weighted by Gasteiger charge is -1.97. The van der Waals surface area contributed by atoms with E-state index in [9.17, 15) is 4.39 Å². The van der Waals surface area contributed by atoms with Gasteiger partial charge in [-0.3, -0.25) is 0 Å². The number of oxazole rings is 1. The van der Waals surface area contributed by atoms with Gasteiger partial charge in [0.2, 0.25) is 5.89 Å². The Morgan fingerprint density at radius 3 is 2.87 bits per heavy atom. The van der Waals surface area contributed by atoms with Crippen LogP contribution in [0.25, 0.3) is 11.5 Å². The lowest BCUT2D eigenvalue weighted by Crippen LogP contribution is -1.84. The summed E-state index contributed by atoms with van der Waals surface area (Å²) in [6, 6.07) is 4.57. The molecule has 0 bridgehead atoms. The van der Waals surface area contributed by atoms with Gasteiger partial charge in [-0.1, -0.05) is 0 Å². The van der Waals surface area contributed by atoms with Crippen molar-refractivity contribution < 1.29 is 13.9 Å². The fraction of sp³-hybridized carbons (Fsp3) is 0.100. The summed E-state index contributed by atoms with van der Waals surface area (Å²) in [4.78, 5) is 3.97. The van der Waals surface area contributed by atoms with Crippen LogP contribution in [0.3, 0.4) is 0 Å². The molecule has 1 heterocycles. The first-order chi connectivity index (χ1) is 7.20. The smallest absolute Gasteiger partial charge is 0.226 e. The number of aliphatic hydroxyl groups excluding tert-OH is 1. The summed E-state index contributed by atoms with van der Waals surface area (Å²) in [5.74, 6) is -0.0818. The first kappa shape index (κ1) is 10.3. The van der Waals surface area contributed by atoms with Crippen LogP contribution in [0.15, 0.2) is 33.4 Å². The largest absolute Gasteiger partial charge is 0.444 e. The second kappa shape index (κ2) is 4.12. The summed E-state index contributed by atoms with van der Waals surface area (Å²) in [7, 11) is 0. The molecule has 0 spiro atoms. The highest BCUT2D eigenvalue weighted by molar-refractivity contribution is 9.10. The van der Waals surface area contributed by atoms with Crippen molar-refractivity contribution in [2.24, 2.45) is 0 Å². The Morgan fingerprint density at radius 1 is 1.47 bits per heavy atom. The van der Waals surface area contributed by atoms with Gasteiger partial charge in [-0.25, -0.2) is 9.37 Å².